The maximum absolute atomic E-state index is 12.0. The monoisotopic (exact) mass is 327 g/mol. The molecule has 2 rings (SSSR count). The van der Waals surface area contributed by atoms with Crippen molar-refractivity contribution < 1.29 is 14.3 Å². The van der Waals surface area contributed by atoms with Crippen LogP contribution < -0.4 is 10.6 Å². The molecular formula is C18H21N3O3. The first-order chi connectivity index (χ1) is 11.5. The molecule has 1 amide bonds. The summed E-state index contributed by atoms with van der Waals surface area (Å²) >= 11 is 0. The molecule has 0 aliphatic heterocycles. The standard InChI is InChI=1S/C18H21N3O3/c1-4-24-18(23)14-7-5-6-8-15(14)20-13-9-10-16(19-11-13)21-17(22)12(2)3/h5-12,20H,4H2,1-3H3,(H,19,21,22). The molecule has 0 spiro atoms. The van der Waals surface area contributed by atoms with Gasteiger partial charge in [0.15, 0.2) is 0 Å². The summed E-state index contributed by atoms with van der Waals surface area (Å²) in [7, 11) is 0. The van der Waals surface area contributed by atoms with Crippen LogP contribution in [0.2, 0.25) is 0 Å². The van der Waals surface area contributed by atoms with E-state index in [-0.39, 0.29) is 17.8 Å². The molecule has 0 aliphatic carbocycles. The van der Waals surface area contributed by atoms with Crippen molar-refractivity contribution in [2.75, 3.05) is 17.2 Å². The van der Waals surface area contributed by atoms with E-state index in [9.17, 15) is 9.59 Å². The van der Waals surface area contributed by atoms with Gasteiger partial charge in [-0.05, 0) is 31.2 Å². The van der Waals surface area contributed by atoms with E-state index in [0.717, 1.165) is 0 Å². The van der Waals surface area contributed by atoms with Gasteiger partial charge < -0.3 is 15.4 Å². The molecule has 0 atom stereocenters. The Bertz CT molecular complexity index is 712. The number of rotatable bonds is 6. The zero-order chi connectivity index (χ0) is 17.5. The maximum atomic E-state index is 12.0. The highest BCUT2D eigenvalue weighted by Crippen LogP contribution is 2.22. The van der Waals surface area contributed by atoms with Gasteiger partial charge in [0.05, 0.1) is 29.7 Å². The SMILES string of the molecule is CCOC(=O)c1ccccc1Nc1ccc(NC(=O)C(C)C)nc1. The Kier molecular flexibility index (Phi) is 5.89. The highest BCUT2D eigenvalue weighted by molar-refractivity contribution is 5.96. The second kappa shape index (κ2) is 8.10. The normalized spacial score (nSPS) is 10.3. The zero-order valence-corrected chi connectivity index (χ0v) is 14.0. The molecule has 2 N–H and O–H groups in total. The van der Waals surface area contributed by atoms with Gasteiger partial charge in [0, 0.05) is 5.92 Å². The number of carbonyl (C=O) groups is 2. The van der Waals surface area contributed by atoms with Gasteiger partial charge in [-0.25, -0.2) is 9.78 Å². The van der Waals surface area contributed by atoms with Gasteiger partial charge in [0.1, 0.15) is 5.82 Å². The summed E-state index contributed by atoms with van der Waals surface area (Å²) in [5.74, 6) is -0.0933. The van der Waals surface area contributed by atoms with E-state index in [1.807, 2.05) is 19.9 Å². The average Bonchev–Trinajstić information content (AvgIpc) is 2.57. The van der Waals surface area contributed by atoms with Gasteiger partial charge >= 0.3 is 5.97 Å². The van der Waals surface area contributed by atoms with Crippen molar-refractivity contribution >= 4 is 29.1 Å². The average molecular weight is 327 g/mol. The van der Waals surface area contributed by atoms with Crippen molar-refractivity contribution in [2.45, 2.75) is 20.8 Å². The number of nitrogens with one attached hydrogen (secondary N) is 2. The van der Waals surface area contributed by atoms with Crippen LogP contribution in [0.4, 0.5) is 17.2 Å². The van der Waals surface area contributed by atoms with Crippen molar-refractivity contribution in [2.24, 2.45) is 5.92 Å². The number of esters is 1. The number of hydrogen-bond donors (Lipinski definition) is 2. The van der Waals surface area contributed by atoms with Crippen LogP contribution in [-0.4, -0.2) is 23.5 Å². The Labute approximate surface area is 141 Å². The summed E-state index contributed by atoms with van der Waals surface area (Å²) in [5, 5.41) is 5.87. The molecule has 0 bridgehead atoms. The number of amides is 1. The van der Waals surface area contributed by atoms with Crippen LogP contribution in [0.3, 0.4) is 0 Å². The van der Waals surface area contributed by atoms with Gasteiger partial charge in [0.25, 0.3) is 0 Å². The Morgan fingerprint density at radius 3 is 2.54 bits per heavy atom. The molecule has 1 aromatic carbocycles. The topological polar surface area (TPSA) is 80.3 Å². The summed E-state index contributed by atoms with van der Waals surface area (Å²) in [6.45, 7) is 5.72. The van der Waals surface area contributed by atoms with E-state index < -0.39 is 0 Å². The first-order valence-electron chi connectivity index (χ1n) is 7.81. The molecule has 0 unspecified atom stereocenters. The number of hydrogen-bond acceptors (Lipinski definition) is 5. The predicted octanol–water partition coefficient (Wildman–Crippen LogP) is 3.60. The van der Waals surface area contributed by atoms with Crippen LogP contribution in [-0.2, 0) is 9.53 Å². The molecule has 1 heterocycles. The van der Waals surface area contributed by atoms with E-state index >= 15 is 0 Å². The first kappa shape index (κ1) is 17.5. The molecule has 6 nitrogen and oxygen atoms in total. The van der Waals surface area contributed by atoms with Crippen LogP contribution in [0.25, 0.3) is 0 Å². The van der Waals surface area contributed by atoms with Crippen LogP contribution in [0, 0.1) is 5.92 Å². The van der Waals surface area contributed by atoms with Gasteiger partial charge in [-0.3, -0.25) is 4.79 Å². The molecule has 24 heavy (non-hydrogen) atoms. The number of anilines is 3. The third kappa shape index (κ3) is 4.55. The molecule has 6 heteroatoms. The van der Waals surface area contributed by atoms with Crippen LogP contribution in [0.15, 0.2) is 42.6 Å². The lowest BCUT2D eigenvalue weighted by Crippen LogP contribution is -2.18. The second-order valence-corrected chi connectivity index (χ2v) is 5.47. The number of pyridine rings is 1. The fraction of sp³-hybridized carbons (Fsp3) is 0.278. The van der Waals surface area contributed by atoms with Gasteiger partial charge in [-0.2, -0.15) is 0 Å². The number of benzene rings is 1. The summed E-state index contributed by atoms with van der Waals surface area (Å²) < 4.78 is 5.05. The number of nitrogens with zero attached hydrogens (tertiary/aromatic N) is 1. The lowest BCUT2D eigenvalue weighted by molar-refractivity contribution is -0.118. The lowest BCUT2D eigenvalue weighted by atomic mass is 10.1. The van der Waals surface area contributed by atoms with Crippen LogP contribution in [0.5, 0.6) is 0 Å². The summed E-state index contributed by atoms with van der Waals surface area (Å²) in [4.78, 5) is 27.8. The molecule has 0 saturated carbocycles. The molecule has 1 aromatic heterocycles. The highest BCUT2D eigenvalue weighted by atomic mass is 16.5. The van der Waals surface area contributed by atoms with Gasteiger partial charge in [-0.15, -0.1) is 0 Å². The van der Waals surface area contributed by atoms with Gasteiger partial charge in [0.2, 0.25) is 5.91 Å². The Morgan fingerprint density at radius 1 is 1.17 bits per heavy atom. The Hall–Kier alpha value is -2.89. The Morgan fingerprint density at radius 2 is 1.92 bits per heavy atom. The van der Waals surface area contributed by atoms with E-state index in [1.165, 1.54) is 0 Å². The molecule has 2 aromatic rings. The quantitative estimate of drug-likeness (QED) is 0.792. The minimum absolute atomic E-state index is 0.0872. The van der Waals surface area contributed by atoms with E-state index in [2.05, 4.69) is 15.6 Å². The summed E-state index contributed by atoms with van der Waals surface area (Å²) in [6, 6.07) is 10.6. The number of ether oxygens (including phenoxy) is 1. The van der Waals surface area contributed by atoms with E-state index in [1.54, 1.807) is 43.5 Å². The molecule has 0 fully saturated rings. The largest absolute Gasteiger partial charge is 0.462 e. The smallest absolute Gasteiger partial charge is 0.340 e. The van der Waals surface area contributed by atoms with Crippen molar-refractivity contribution in [1.29, 1.82) is 0 Å². The predicted molar refractivity (Wildman–Crippen MR) is 93.4 cm³/mol. The summed E-state index contributed by atoms with van der Waals surface area (Å²) in [5.41, 5.74) is 1.79. The second-order valence-electron chi connectivity index (χ2n) is 5.47. The minimum atomic E-state index is -0.380. The molecule has 0 saturated heterocycles. The number of aromatic nitrogens is 1. The molecule has 0 radical (unpaired) electrons. The third-order valence-electron chi connectivity index (χ3n) is 3.24. The molecule has 126 valence electrons. The number of para-hydroxylation sites is 1. The molecular weight excluding hydrogens is 306 g/mol. The van der Waals surface area contributed by atoms with Crippen LogP contribution >= 0.6 is 0 Å². The van der Waals surface area contributed by atoms with E-state index in [0.29, 0.717) is 29.4 Å². The molecule has 0 aliphatic rings. The van der Waals surface area contributed by atoms with Crippen molar-refractivity contribution in [3.8, 4) is 0 Å². The van der Waals surface area contributed by atoms with Crippen molar-refractivity contribution in [3.05, 3.63) is 48.2 Å². The van der Waals surface area contributed by atoms with Crippen molar-refractivity contribution in [3.63, 3.8) is 0 Å². The zero-order valence-electron chi connectivity index (χ0n) is 14.0. The van der Waals surface area contributed by atoms with Gasteiger partial charge in [-0.1, -0.05) is 26.0 Å². The van der Waals surface area contributed by atoms with Crippen molar-refractivity contribution in [1.82, 2.24) is 4.98 Å². The van der Waals surface area contributed by atoms with E-state index in [4.69, 9.17) is 4.74 Å². The fourth-order valence-corrected chi connectivity index (χ4v) is 1.95. The Balaban J connectivity index is 2.12. The third-order valence-corrected chi connectivity index (χ3v) is 3.24. The highest BCUT2D eigenvalue weighted by Gasteiger charge is 2.12. The van der Waals surface area contributed by atoms with Crippen LogP contribution in [0.1, 0.15) is 31.1 Å². The fourth-order valence-electron chi connectivity index (χ4n) is 1.95. The lowest BCUT2D eigenvalue weighted by Gasteiger charge is -2.12. The summed E-state index contributed by atoms with van der Waals surface area (Å²) in [6.07, 6.45) is 1.60. The first-order valence-corrected chi connectivity index (χ1v) is 7.81. The number of carbonyl (C=O) groups excluding carboxylic acids is 2. The maximum Gasteiger partial charge on any atom is 0.340 e. The minimum Gasteiger partial charge on any atom is -0.462 e.